The zero-order valence-corrected chi connectivity index (χ0v) is 15.6. The van der Waals surface area contributed by atoms with Crippen molar-refractivity contribution < 1.29 is 18.7 Å². The lowest BCUT2D eigenvalue weighted by atomic mass is 10.1. The normalized spacial score (nSPS) is 16.3. The molecule has 1 atom stereocenters. The van der Waals surface area contributed by atoms with Gasteiger partial charge in [-0.1, -0.05) is 12.1 Å². The molecule has 0 radical (unpaired) electrons. The molecule has 1 aliphatic rings. The minimum Gasteiger partial charge on any atom is -0.465 e. The van der Waals surface area contributed by atoms with E-state index in [1.54, 1.807) is 24.3 Å². The molecule has 1 aliphatic heterocycles. The molecular formula is C21H21N3O4. The first-order chi connectivity index (χ1) is 13.7. The molecule has 1 N–H and O–H groups in total. The lowest BCUT2D eigenvalue weighted by Gasteiger charge is -2.23. The van der Waals surface area contributed by atoms with Crippen LogP contribution >= 0.6 is 0 Å². The number of nitrogens with zero attached hydrogens (tertiary/aromatic N) is 2. The molecule has 0 aliphatic carbocycles. The van der Waals surface area contributed by atoms with E-state index < -0.39 is 5.97 Å². The summed E-state index contributed by atoms with van der Waals surface area (Å²) in [5, 5.41) is 2.97. The van der Waals surface area contributed by atoms with Gasteiger partial charge in [-0.25, -0.2) is 4.79 Å². The number of hydrogen-bond donors (Lipinski definition) is 1. The Morgan fingerprint density at radius 1 is 1.18 bits per heavy atom. The first-order valence-electron chi connectivity index (χ1n) is 9.24. The topological polar surface area (TPSA) is 84.7 Å². The van der Waals surface area contributed by atoms with Crippen LogP contribution < -0.4 is 10.2 Å². The van der Waals surface area contributed by atoms with Crippen LogP contribution in [0.1, 0.15) is 33.6 Å². The molecule has 0 saturated carbocycles. The highest BCUT2D eigenvalue weighted by Crippen LogP contribution is 2.28. The molecule has 0 spiro atoms. The van der Waals surface area contributed by atoms with Gasteiger partial charge in [0, 0.05) is 18.7 Å². The summed E-state index contributed by atoms with van der Waals surface area (Å²) < 4.78 is 10.5. The van der Waals surface area contributed by atoms with Crippen LogP contribution in [-0.4, -0.2) is 43.1 Å². The molecular weight excluding hydrogens is 358 g/mol. The average Bonchev–Trinajstić information content (AvgIpc) is 3.37. The van der Waals surface area contributed by atoms with Crippen LogP contribution in [0.4, 0.5) is 6.01 Å². The Balaban J connectivity index is 1.40. The monoisotopic (exact) mass is 379 g/mol. The molecule has 28 heavy (non-hydrogen) atoms. The van der Waals surface area contributed by atoms with E-state index >= 15 is 0 Å². The largest absolute Gasteiger partial charge is 0.465 e. The van der Waals surface area contributed by atoms with Gasteiger partial charge in [0.25, 0.3) is 11.9 Å². The van der Waals surface area contributed by atoms with Gasteiger partial charge in [-0.2, -0.15) is 4.98 Å². The molecule has 4 rings (SSSR count). The standard InChI is InChI=1S/C21H21N3O4/c1-27-20(26)15-10-8-14(9-11-15)19(25)22-13-16-5-4-12-24(16)21-23-17-6-2-3-7-18(17)28-21/h2-3,6-11,16H,4-5,12-13H2,1H3,(H,22,25). The first-order valence-corrected chi connectivity index (χ1v) is 9.24. The van der Waals surface area contributed by atoms with E-state index in [1.807, 2.05) is 24.3 Å². The lowest BCUT2D eigenvalue weighted by molar-refractivity contribution is 0.0600. The van der Waals surface area contributed by atoms with Crippen molar-refractivity contribution in [2.45, 2.75) is 18.9 Å². The van der Waals surface area contributed by atoms with E-state index in [-0.39, 0.29) is 11.9 Å². The van der Waals surface area contributed by atoms with Crippen molar-refractivity contribution in [1.82, 2.24) is 10.3 Å². The molecule has 1 amide bonds. The Morgan fingerprint density at radius 3 is 2.68 bits per heavy atom. The molecule has 1 fully saturated rings. The van der Waals surface area contributed by atoms with E-state index in [0.29, 0.717) is 23.7 Å². The molecule has 2 heterocycles. The van der Waals surface area contributed by atoms with Crippen LogP contribution in [0.5, 0.6) is 0 Å². The number of amides is 1. The minimum absolute atomic E-state index is 0.131. The van der Waals surface area contributed by atoms with Crippen molar-refractivity contribution in [3.8, 4) is 0 Å². The van der Waals surface area contributed by atoms with Gasteiger partial charge < -0.3 is 19.4 Å². The second-order valence-corrected chi connectivity index (χ2v) is 6.73. The molecule has 7 nitrogen and oxygen atoms in total. The molecule has 3 aromatic rings. The fourth-order valence-corrected chi connectivity index (χ4v) is 3.47. The summed E-state index contributed by atoms with van der Waals surface area (Å²) in [6, 6.07) is 14.8. The fraction of sp³-hybridized carbons (Fsp3) is 0.286. The number of methoxy groups -OCH3 is 1. The molecule has 1 aromatic heterocycles. The van der Waals surface area contributed by atoms with Crippen LogP contribution in [0.15, 0.2) is 52.9 Å². The zero-order valence-electron chi connectivity index (χ0n) is 15.6. The Kier molecular flexibility index (Phi) is 4.97. The maximum absolute atomic E-state index is 12.5. The number of carbonyl (C=O) groups excluding carboxylic acids is 2. The van der Waals surface area contributed by atoms with Gasteiger partial charge >= 0.3 is 5.97 Å². The van der Waals surface area contributed by atoms with Crippen molar-refractivity contribution >= 4 is 29.0 Å². The number of aromatic nitrogens is 1. The summed E-state index contributed by atoms with van der Waals surface area (Å²) in [4.78, 5) is 30.6. The van der Waals surface area contributed by atoms with Crippen molar-refractivity contribution in [2.75, 3.05) is 25.1 Å². The summed E-state index contributed by atoms with van der Waals surface area (Å²) in [6.07, 6.45) is 1.98. The second-order valence-electron chi connectivity index (χ2n) is 6.73. The maximum atomic E-state index is 12.5. The van der Waals surface area contributed by atoms with Gasteiger partial charge in [-0.15, -0.1) is 0 Å². The quantitative estimate of drug-likeness (QED) is 0.686. The van der Waals surface area contributed by atoms with Crippen LogP contribution in [0, 0.1) is 0 Å². The fourth-order valence-electron chi connectivity index (χ4n) is 3.47. The molecule has 144 valence electrons. The highest BCUT2D eigenvalue weighted by molar-refractivity contribution is 5.96. The van der Waals surface area contributed by atoms with Gasteiger partial charge in [-0.3, -0.25) is 4.79 Å². The van der Waals surface area contributed by atoms with Crippen molar-refractivity contribution in [2.24, 2.45) is 0 Å². The highest BCUT2D eigenvalue weighted by atomic mass is 16.5. The smallest absolute Gasteiger partial charge is 0.337 e. The Bertz CT molecular complexity index is 963. The maximum Gasteiger partial charge on any atom is 0.337 e. The zero-order chi connectivity index (χ0) is 19.5. The van der Waals surface area contributed by atoms with E-state index in [2.05, 4.69) is 19.9 Å². The molecule has 7 heteroatoms. The highest BCUT2D eigenvalue weighted by Gasteiger charge is 2.28. The number of rotatable bonds is 5. The number of anilines is 1. The van der Waals surface area contributed by atoms with Crippen LogP contribution in [0.25, 0.3) is 11.1 Å². The van der Waals surface area contributed by atoms with E-state index in [4.69, 9.17) is 4.42 Å². The van der Waals surface area contributed by atoms with Crippen LogP contribution in [0.3, 0.4) is 0 Å². The number of nitrogens with one attached hydrogen (secondary N) is 1. The summed E-state index contributed by atoms with van der Waals surface area (Å²) in [7, 11) is 1.33. The molecule has 0 bridgehead atoms. The Labute approximate surface area is 162 Å². The third-order valence-electron chi connectivity index (χ3n) is 4.97. The number of para-hydroxylation sites is 2. The third kappa shape index (κ3) is 3.55. The van der Waals surface area contributed by atoms with Crippen LogP contribution in [0.2, 0.25) is 0 Å². The van der Waals surface area contributed by atoms with E-state index in [9.17, 15) is 9.59 Å². The van der Waals surface area contributed by atoms with Gasteiger partial charge in [0.2, 0.25) is 0 Å². The van der Waals surface area contributed by atoms with E-state index in [1.165, 1.54) is 7.11 Å². The Morgan fingerprint density at radius 2 is 1.93 bits per heavy atom. The summed E-state index contributed by atoms with van der Waals surface area (Å²) in [6.45, 7) is 1.34. The molecule has 1 unspecified atom stereocenters. The number of fused-ring (bicyclic) bond motifs is 1. The predicted molar refractivity (Wildman–Crippen MR) is 104 cm³/mol. The van der Waals surface area contributed by atoms with Crippen molar-refractivity contribution in [3.63, 3.8) is 0 Å². The predicted octanol–water partition coefficient (Wildman–Crippen LogP) is 3.01. The number of hydrogen-bond acceptors (Lipinski definition) is 6. The molecule has 1 saturated heterocycles. The van der Waals surface area contributed by atoms with Gasteiger partial charge in [0.15, 0.2) is 5.58 Å². The summed E-state index contributed by atoms with van der Waals surface area (Å²) in [5.41, 5.74) is 2.51. The third-order valence-corrected chi connectivity index (χ3v) is 4.97. The second kappa shape index (κ2) is 7.72. The number of carbonyl (C=O) groups is 2. The Hall–Kier alpha value is -3.35. The summed E-state index contributed by atoms with van der Waals surface area (Å²) in [5.74, 6) is -0.604. The van der Waals surface area contributed by atoms with Crippen LogP contribution in [-0.2, 0) is 4.74 Å². The minimum atomic E-state index is -0.424. The number of ether oxygens (including phenoxy) is 1. The van der Waals surface area contributed by atoms with Crippen molar-refractivity contribution in [1.29, 1.82) is 0 Å². The molecule has 2 aromatic carbocycles. The van der Waals surface area contributed by atoms with Gasteiger partial charge in [0.1, 0.15) is 5.52 Å². The number of oxazole rings is 1. The first kappa shape index (κ1) is 18.0. The van der Waals surface area contributed by atoms with Gasteiger partial charge in [-0.05, 0) is 49.2 Å². The van der Waals surface area contributed by atoms with Gasteiger partial charge in [0.05, 0.1) is 18.7 Å². The summed E-state index contributed by atoms with van der Waals surface area (Å²) >= 11 is 0. The average molecular weight is 379 g/mol. The SMILES string of the molecule is COC(=O)c1ccc(C(=O)NCC2CCCN2c2nc3ccccc3o2)cc1. The van der Waals surface area contributed by atoms with Crippen molar-refractivity contribution in [3.05, 3.63) is 59.7 Å². The van der Waals surface area contributed by atoms with E-state index in [0.717, 1.165) is 30.5 Å². The number of esters is 1. The number of benzene rings is 2. The lowest BCUT2D eigenvalue weighted by Crippen LogP contribution is -2.40.